The molecule has 1 nitrogen and oxygen atoms in total. The molecule has 1 aliphatic heterocycles. The number of benzene rings is 6. The molecule has 1 aromatic heterocycles. The average Bonchev–Trinajstić information content (AvgIpc) is 3.52. The van der Waals surface area contributed by atoms with Crippen molar-refractivity contribution in [3.8, 4) is 27.9 Å². The number of para-hydroxylation sites is 3. The Labute approximate surface area is 247 Å². The Hall–Kier alpha value is -4.66. The van der Waals surface area contributed by atoms with Gasteiger partial charge in [0.1, 0.15) is 0 Å². The summed E-state index contributed by atoms with van der Waals surface area (Å²) in [5.74, 6) is 0. The van der Waals surface area contributed by atoms with E-state index in [1.54, 1.807) is 0 Å². The van der Waals surface area contributed by atoms with E-state index >= 15 is 0 Å². The van der Waals surface area contributed by atoms with Gasteiger partial charge in [-0.2, -0.15) is 0 Å². The Balaban J connectivity index is 1.48. The second-order valence-electron chi connectivity index (χ2n) is 12.9. The first kappa shape index (κ1) is 24.0. The van der Waals surface area contributed by atoms with E-state index in [2.05, 4.69) is 158 Å². The van der Waals surface area contributed by atoms with Crippen LogP contribution >= 0.6 is 0 Å². The molecule has 0 N–H and O–H groups in total. The molecule has 42 heavy (non-hydrogen) atoms. The first-order valence-electron chi connectivity index (χ1n) is 15.0. The fourth-order valence-corrected chi connectivity index (χ4v) is 9.18. The first-order valence-corrected chi connectivity index (χ1v) is 18.5. The smallest absolute Gasteiger partial charge is 0.0775 e. The lowest BCUT2D eigenvalue weighted by atomic mass is 9.64. The van der Waals surface area contributed by atoms with Crippen molar-refractivity contribution >= 4 is 35.1 Å². The molecule has 2 heterocycles. The minimum Gasteiger partial charge on any atom is -0.309 e. The molecule has 7 aromatic rings. The molecule has 6 aromatic carbocycles. The molecule has 2 heteroatoms. The van der Waals surface area contributed by atoms with Crippen molar-refractivity contribution in [3.05, 3.63) is 156 Å². The van der Waals surface area contributed by atoms with Crippen LogP contribution < -0.4 is 5.19 Å². The van der Waals surface area contributed by atoms with Crippen LogP contribution in [0.3, 0.4) is 0 Å². The molecular formula is C40H31NSi. The quantitative estimate of drug-likeness (QED) is 0.188. The van der Waals surface area contributed by atoms with Gasteiger partial charge in [-0.15, -0.1) is 0 Å². The average molecular weight is 554 g/mol. The molecule has 200 valence electrons. The fourth-order valence-electron chi connectivity index (χ4n) is 8.01. The van der Waals surface area contributed by atoms with Crippen molar-refractivity contribution in [2.45, 2.75) is 25.1 Å². The van der Waals surface area contributed by atoms with Crippen LogP contribution in [-0.2, 0) is 5.41 Å². The van der Waals surface area contributed by atoms with Crippen molar-refractivity contribution in [1.82, 2.24) is 4.57 Å². The minimum absolute atomic E-state index is 0.430. The number of aromatic nitrogens is 1. The highest BCUT2D eigenvalue weighted by Gasteiger charge is 2.51. The molecular weight excluding hydrogens is 523 g/mol. The van der Waals surface area contributed by atoms with E-state index in [9.17, 15) is 0 Å². The van der Waals surface area contributed by atoms with Gasteiger partial charge < -0.3 is 4.57 Å². The molecule has 0 amide bonds. The summed E-state index contributed by atoms with van der Waals surface area (Å²) in [7, 11) is -1.41. The zero-order chi connectivity index (χ0) is 28.2. The zero-order valence-corrected chi connectivity index (χ0v) is 25.1. The van der Waals surface area contributed by atoms with E-state index < -0.39 is 13.5 Å². The van der Waals surface area contributed by atoms with Gasteiger partial charge in [0.05, 0.1) is 30.2 Å². The second kappa shape index (κ2) is 8.21. The van der Waals surface area contributed by atoms with Gasteiger partial charge in [-0.3, -0.25) is 0 Å². The molecule has 0 saturated heterocycles. The van der Waals surface area contributed by atoms with Crippen LogP contribution in [0.2, 0.25) is 19.6 Å². The number of hydrogen-bond acceptors (Lipinski definition) is 0. The van der Waals surface area contributed by atoms with E-state index in [0.717, 1.165) is 0 Å². The van der Waals surface area contributed by atoms with Crippen LogP contribution in [0.1, 0.15) is 22.3 Å². The SMILES string of the molecule is C[Si](C)(C)c1ccc(-c2cccc3c2C2(c4ccccc4-3)c3ccccc3-n3c4ccccc4c4cccc2c43)cc1. The Bertz CT molecular complexity index is 2230. The highest BCUT2D eigenvalue weighted by molar-refractivity contribution is 6.88. The number of hydrogen-bond donors (Lipinski definition) is 0. The zero-order valence-electron chi connectivity index (χ0n) is 24.1. The van der Waals surface area contributed by atoms with E-state index in [0.29, 0.717) is 0 Å². The summed E-state index contributed by atoms with van der Waals surface area (Å²) in [6.07, 6.45) is 0. The van der Waals surface area contributed by atoms with Gasteiger partial charge in [-0.25, -0.2) is 0 Å². The summed E-state index contributed by atoms with van der Waals surface area (Å²) >= 11 is 0. The Morgan fingerprint density at radius 3 is 1.95 bits per heavy atom. The minimum atomic E-state index is -1.41. The highest BCUT2D eigenvalue weighted by Crippen LogP contribution is 2.62. The van der Waals surface area contributed by atoms with E-state index in [1.165, 1.54) is 77.2 Å². The van der Waals surface area contributed by atoms with Crippen molar-refractivity contribution in [2.24, 2.45) is 0 Å². The third kappa shape index (κ3) is 2.88. The molecule has 9 rings (SSSR count). The first-order chi connectivity index (χ1) is 20.5. The largest absolute Gasteiger partial charge is 0.309 e. The lowest BCUT2D eigenvalue weighted by Gasteiger charge is -2.40. The van der Waals surface area contributed by atoms with Gasteiger partial charge in [-0.05, 0) is 56.6 Å². The summed E-state index contributed by atoms with van der Waals surface area (Å²) in [6.45, 7) is 7.27. The normalized spacial score (nSPS) is 16.5. The molecule has 0 saturated carbocycles. The molecule has 1 spiro atoms. The Morgan fingerprint density at radius 1 is 0.500 bits per heavy atom. The second-order valence-corrected chi connectivity index (χ2v) is 18.0. The molecule has 1 unspecified atom stereocenters. The number of rotatable bonds is 2. The Morgan fingerprint density at radius 2 is 1.12 bits per heavy atom. The third-order valence-electron chi connectivity index (χ3n) is 9.77. The number of fused-ring (bicyclic) bond motifs is 12. The van der Waals surface area contributed by atoms with E-state index in [4.69, 9.17) is 0 Å². The molecule has 0 bridgehead atoms. The van der Waals surface area contributed by atoms with E-state index in [1.807, 2.05) is 0 Å². The van der Waals surface area contributed by atoms with Crippen molar-refractivity contribution in [3.63, 3.8) is 0 Å². The van der Waals surface area contributed by atoms with Gasteiger partial charge in [0, 0.05) is 10.8 Å². The third-order valence-corrected chi connectivity index (χ3v) is 11.8. The van der Waals surface area contributed by atoms with Crippen LogP contribution in [0.25, 0.3) is 49.7 Å². The maximum atomic E-state index is 2.52. The summed E-state index contributed by atoms with van der Waals surface area (Å²) in [6, 6.07) is 50.5. The van der Waals surface area contributed by atoms with Crippen LogP contribution in [-0.4, -0.2) is 12.6 Å². The van der Waals surface area contributed by atoms with Gasteiger partial charge in [-0.1, -0.05) is 146 Å². The molecule has 2 aliphatic rings. The predicted molar refractivity (Wildman–Crippen MR) is 180 cm³/mol. The van der Waals surface area contributed by atoms with Gasteiger partial charge in [0.25, 0.3) is 0 Å². The summed E-state index contributed by atoms with van der Waals surface area (Å²) in [4.78, 5) is 0. The monoisotopic (exact) mass is 553 g/mol. The van der Waals surface area contributed by atoms with E-state index in [-0.39, 0.29) is 0 Å². The topological polar surface area (TPSA) is 4.93 Å². The van der Waals surface area contributed by atoms with Crippen LogP contribution in [0.5, 0.6) is 0 Å². The van der Waals surface area contributed by atoms with Crippen molar-refractivity contribution in [1.29, 1.82) is 0 Å². The number of nitrogens with zero attached hydrogens (tertiary/aromatic N) is 1. The van der Waals surface area contributed by atoms with Crippen LogP contribution in [0.15, 0.2) is 133 Å². The van der Waals surface area contributed by atoms with Gasteiger partial charge in [0.15, 0.2) is 0 Å². The molecule has 1 aliphatic carbocycles. The van der Waals surface area contributed by atoms with Crippen molar-refractivity contribution < 1.29 is 0 Å². The predicted octanol–water partition coefficient (Wildman–Crippen LogP) is 9.67. The summed E-state index contributed by atoms with van der Waals surface area (Å²) < 4.78 is 2.52. The standard InChI is InChI=1S/C40H31NSi/c1-42(2,3)27-24-22-26(23-25-27)28-14-10-15-31-29-12-4-6-17-33(29)40(38(28)31)34-18-7-9-21-37(34)41-36-20-8-5-13-30(36)32-16-11-19-35(40)39(32)41/h4-25H,1-3H3. The molecule has 0 fully saturated rings. The summed E-state index contributed by atoms with van der Waals surface area (Å²) in [5, 5.41) is 4.12. The molecule has 0 radical (unpaired) electrons. The van der Waals surface area contributed by atoms with Gasteiger partial charge in [0.2, 0.25) is 0 Å². The molecule has 1 atom stereocenters. The fraction of sp³-hybridized carbons (Fsp3) is 0.100. The lowest BCUT2D eigenvalue weighted by molar-refractivity contribution is 0.750. The Kier molecular flexibility index (Phi) is 4.69. The maximum absolute atomic E-state index is 2.52. The van der Waals surface area contributed by atoms with Gasteiger partial charge >= 0.3 is 0 Å². The van der Waals surface area contributed by atoms with Crippen LogP contribution in [0.4, 0.5) is 0 Å². The lowest BCUT2D eigenvalue weighted by Crippen LogP contribution is -2.37. The van der Waals surface area contributed by atoms with Crippen molar-refractivity contribution in [2.75, 3.05) is 0 Å². The van der Waals surface area contributed by atoms with Crippen LogP contribution in [0, 0.1) is 0 Å². The maximum Gasteiger partial charge on any atom is 0.0775 e. The summed E-state index contributed by atoms with van der Waals surface area (Å²) in [5.41, 5.74) is 14.2. The highest BCUT2D eigenvalue weighted by atomic mass is 28.3.